The summed E-state index contributed by atoms with van der Waals surface area (Å²) < 4.78 is 13.2. The second-order valence-corrected chi connectivity index (χ2v) is 3.64. The van der Waals surface area contributed by atoms with Crippen LogP contribution in [0.3, 0.4) is 0 Å². The van der Waals surface area contributed by atoms with E-state index in [1.807, 2.05) is 18.0 Å². The molecule has 1 atom stereocenters. The minimum Gasteiger partial charge on any atom is -0.392 e. The summed E-state index contributed by atoms with van der Waals surface area (Å²) in [6.45, 7) is 2.80. The van der Waals surface area contributed by atoms with Crippen molar-refractivity contribution in [1.29, 1.82) is 0 Å². The molecule has 3 heteroatoms. The van der Waals surface area contributed by atoms with E-state index in [1.54, 1.807) is 19.1 Å². The number of rotatable bonds is 4. The first kappa shape index (κ1) is 11.1. The Morgan fingerprint density at radius 2 is 2.07 bits per heavy atom. The fraction of sp³-hybridized carbons (Fsp3) is 0.455. The molecule has 2 nitrogen and oxygen atoms in total. The third kappa shape index (κ3) is 3.44. The van der Waals surface area contributed by atoms with Gasteiger partial charge >= 0.3 is 0 Å². The van der Waals surface area contributed by atoms with Gasteiger partial charge in [-0.3, -0.25) is 4.90 Å². The maximum absolute atomic E-state index is 13.2. The van der Waals surface area contributed by atoms with Gasteiger partial charge in [0.05, 0.1) is 6.10 Å². The number of nitrogens with zero attached hydrogens (tertiary/aromatic N) is 1. The van der Waals surface area contributed by atoms with Gasteiger partial charge in [-0.25, -0.2) is 4.39 Å². The van der Waals surface area contributed by atoms with Gasteiger partial charge in [0.15, 0.2) is 0 Å². The highest BCUT2D eigenvalue weighted by Gasteiger charge is 2.06. The molecular formula is C11H16FNO. The summed E-state index contributed by atoms with van der Waals surface area (Å²) in [5.74, 6) is -0.190. The van der Waals surface area contributed by atoms with Crippen LogP contribution in [0.15, 0.2) is 24.3 Å². The van der Waals surface area contributed by atoms with Crippen molar-refractivity contribution in [3.8, 4) is 0 Å². The van der Waals surface area contributed by atoms with E-state index in [4.69, 9.17) is 5.11 Å². The molecule has 0 aliphatic carbocycles. The molecule has 1 aromatic carbocycles. The first-order valence-electron chi connectivity index (χ1n) is 4.69. The lowest BCUT2D eigenvalue weighted by molar-refractivity contribution is 0.137. The zero-order chi connectivity index (χ0) is 10.6. The maximum Gasteiger partial charge on any atom is 0.127 e. The lowest BCUT2D eigenvalue weighted by atomic mass is 10.2. The van der Waals surface area contributed by atoms with Gasteiger partial charge in [-0.05, 0) is 20.0 Å². The van der Waals surface area contributed by atoms with E-state index in [9.17, 15) is 4.39 Å². The van der Waals surface area contributed by atoms with Crippen LogP contribution in [0, 0.1) is 5.82 Å². The second kappa shape index (κ2) is 5.08. The number of aliphatic hydroxyl groups is 1. The maximum atomic E-state index is 13.2. The molecule has 0 aliphatic heterocycles. The largest absolute Gasteiger partial charge is 0.392 e. The van der Waals surface area contributed by atoms with E-state index >= 15 is 0 Å². The third-order valence-corrected chi connectivity index (χ3v) is 1.97. The highest BCUT2D eigenvalue weighted by atomic mass is 19.1. The summed E-state index contributed by atoms with van der Waals surface area (Å²) in [7, 11) is 1.86. The van der Waals surface area contributed by atoms with E-state index < -0.39 is 0 Å². The van der Waals surface area contributed by atoms with E-state index in [1.165, 1.54) is 6.07 Å². The predicted octanol–water partition coefficient (Wildman–Crippen LogP) is 1.64. The molecule has 0 radical (unpaired) electrons. The molecule has 0 aliphatic rings. The van der Waals surface area contributed by atoms with Gasteiger partial charge in [0, 0.05) is 18.7 Å². The van der Waals surface area contributed by atoms with Crippen LogP contribution in [0.2, 0.25) is 0 Å². The van der Waals surface area contributed by atoms with E-state index in [0.29, 0.717) is 18.7 Å². The Morgan fingerprint density at radius 1 is 1.43 bits per heavy atom. The van der Waals surface area contributed by atoms with Crippen molar-refractivity contribution in [2.24, 2.45) is 0 Å². The van der Waals surface area contributed by atoms with Crippen LogP contribution in [-0.2, 0) is 6.54 Å². The number of hydrogen-bond donors (Lipinski definition) is 1. The monoisotopic (exact) mass is 197 g/mol. The van der Waals surface area contributed by atoms with Gasteiger partial charge in [-0.2, -0.15) is 0 Å². The van der Waals surface area contributed by atoms with Crippen molar-refractivity contribution in [3.05, 3.63) is 35.6 Å². The van der Waals surface area contributed by atoms with Crippen LogP contribution in [0.5, 0.6) is 0 Å². The highest BCUT2D eigenvalue weighted by Crippen LogP contribution is 2.08. The van der Waals surface area contributed by atoms with Crippen molar-refractivity contribution in [3.63, 3.8) is 0 Å². The normalized spacial score (nSPS) is 13.2. The fourth-order valence-electron chi connectivity index (χ4n) is 1.43. The summed E-state index contributed by atoms with van der Waals surface area (Å²) in [5, 5.41) is 9.13. The summed E-state index contributed by atoms with van der Waals surface area (Å²) >= 11 is 0. The lowest BCUT2D eigenvalue weighted by Crippen LogP contribution is -2.27. The molecule has 78 valence electrons. The van der Waals surface area contributed by atoms with Crippen molar-refractivity contribution in [1.82, 2.24) is 4.90 Å². The first-order chi connectivity index (χ1) is 6.59. The Morgan fingerprint density at radius 3 is 2.64 bits per heavy atom. The Balaban J connectivity index is 2.56. The zero-order valence-electron chi connectivity index (χ0n) is 8.57. The van der Waals surface area contributed by atoms with Crippen LogP contribution in [0.4, 0.5) is 4.39 Å². The van der Waals surface area contributed by atoms with Crippen molar-refractivity contribution < 1.29 is 9.50 Å². The summed E-state index contributed by atoms with van der Waals surface area (Å²) in [6, 6.07) is 6.70. The molecule has 0 aromatic heterocycles. The Bertz CT molecular complexity index is 288. The zero-order valence-corrected chi connectivity index (χ0v) is 8.57. The number of aliphatic hydroxyl groups excluding tert-OH is 1. The third-order valence-electron chi connectivity index (χ3n) is 1.97. The van der Waals surface area contributed by atoms with Crippen LogP contribution in [-0.4, -0.2) is 29.7 Å². The Kier molecular flexibility index (Phi) is 4.04. The van der Waals surface area contributed by atoms with Crippen LogP contribution < -0.4 is 0 Å². The number of halogens is 1. The molecule has 1 N–H and O–H groups in total. The fourth-order valence-corrected chi connectivity index (χ4v) is 1.43. The van der Waals surface area contributed by atoms with E-state index in [2.05, 4.69) is 0 Å². The molecule has 0 saturated carbocycles. The second-order valence-electron chi connectivity index (χ2n) is 3.64. The van der Waals surface area contributed by atoms with Crippen molar-refractivity contribution >= 4 is 0 Å². The molecule has 14 heavy (non-hydrogen) atoms. The molecule has 0 saturated heterocycles. The van der Waals surface area contributed by atoms with Gasteiger partial charge in [0.1, 0.15) is 5.82 Å². The average Bonchev–Trinajstić information content (AvgIpc) is 2.07. The number of hydrogen-bond acceptors (Lipinski definition) is 2. The van der Waals surface area contributed by atoms with Crippen molar-refractivity contribution in [2.45, 2.75) is 19.6 Å². The van der Waals surface area contributed by atoms with E-state index in [-0.39, 0.29) is 11.9 Å². The van der Waals surface area contributed by atoms with Gasteiger partial charge in [-0.15, -0.1) is 0 Å². The minimum absolute atomic E-state index is 0.190. The summed E-state index contributed by atoms with van der Waals surface area (Å²) in [5.41, 5.74) is 0.663. The van der Waals surface area contributed by atoms with Gasteiger partial charge < -0.3 is 5.11 Å². The Labute approximate surface area is 84.0 Å². The molecule has 1 rings (SSSR count). The first-order valence-corrected chi connectivity index (χ1v) is 4.69. The minimum atomic E-state index is -0.383. The smallest absolute Gasteiger partial charge is 0.127 e. The molecule has 0 fully saturated rings. The highest BCUT2D eigenvalue weighted by molar-refractivity contribution is 5.16. The Hall–Kier alpha value is -0.930. The summed E-state index contributed by atoms with van der Waals surface area (Å²) in [6.07, 6.45) is -0.383. The van der Waals surface area contributed by atoms with Crippen LogP contribution in [0.25, 0.3) is 0 Å². The topological polar surface area (TPSA) is 23.5 Å². The molecule has 1 unspecified atom stereocenters. The van der Waals surface area contributed by atoms with Gasteiger partial charge in [-0.1, -0.05) is 18.2 Å². The lowest BCUT2D eigenvalue weighted by Gasteiger charge is -2.18. The van der Waals surface area contributed by atoms with E-state index in [0.717, 1.165) is 0 Å². The molecule has 1 aromatic rings. The molecule has 0 bridgehead atoms. The van der Waals surface area contributed by atoms with Crippen LogP contribution in [0.1, 0.15) is 12.5 Å². The standard InChI is InChI=1S/C11H16FNO/c1-9(14)7-13(2)8-10-5-3-4-6-11(10)12/h3-6,9,14H,7-8H2,1-2H3. The number of benzene rings is 1. The van der Waals surface area contributed by atoms with Gasteiger partial charge in [0.25, 0.3) is 0 Å². The quantitative estimate of drug-likeness (QED) is 0.793. The van der Waals surface area contributed by atoms with Crippen LogP contribution >= 0.6 is 0 Å². The molecular weight excluding hydrogens is 181 g/mol. The molecule has 0 amide bonds. The molecule has 0 spiro atoms. The summed E-state index contributed by atoms with van der Waals surface area (Å²) in [4.78, 5) is 1.89. The number of likely N-dealkylation sites (N-methyl/N-ethyl adjacent to an activating group) is 1. The predicted molar refractivity (Wildman–Crippen MR) is 54.4 cm³/mol. The average molecular weight is 197 g/mol. The van der Waals surface area contributed by atoms with Crippen molar-refractivity contribution in [2.75, 3.05) is 13.6 Å². The SMILES string of the molecule is CC(O)CN(C)Cc1ccccc1F. The van der Waals surface area contributed by atoms with Gasteiger partial charge in [0.2, 0.25) is 0 Å². The molecule has 0 heterocycles.